The van der Waals surface area contributed by atoms with Gasteiger partial charge in [-0.25, -0.2) is 0 Å². The summed E-state index contributed by atoms with van der Waals surface area (Å²) in [6.45, 7) is 11.5. The van der Waals surface area contributed by atoms with E-state index < -0.39 is 0 Å². The van der Waals surface area contributed by atoms with Gasteiger partial charge in [0.05, 0.1) is 6.42 Å². The monoisotopic (exact) mass is 237 g/mol. The Hall–Kier alpha value is -0.870. The Morgan fingerprint density at radius 1 is 1.29 bits per heavy atom. The van der Waals surface area contributed by atoms with Gasteiger partial charge in [-0.05, 0) is 26.3 Å². The third-order valence-corrected chi connectivity index (χ3v) is 3.65. The predicted octanol–water partition coefficient (Wildman–Crippen LogP) is 0.806. The highest BCUT2D eigenvalue weighted by Gasteiger charge is 2.29. The lowest BCUT2D eigenvalue weighted by atomic mass is 10.1. The Kier molecular flexibility index (Phi) is 3.84. The summed E-state index contributed by atoms with van der Waals surface area (Å²) < 4.78 is 0. The standard InChI is InChI=1S/C13H23N3O/c1-10(2)16-11(3)12(8-13(16)17)9-15-6-4-14-5-7-15/h10,14H,4-9H2,1-3H3. The Balaban J connectivity index is 2.02. The zero-order chi connectivity index (χ0) is 12.4. The maximum absolute atomic E-state index is 11.9. The molecule has 0 spiro atoms. The van der Waals surface area contributed by atoms with Crippen molar-refractivity contribution in [2.75, 3.05) is 32.7 Å². The molecule has 1 saturated heterocycles. The number of nitrogens with zero attached hydrogens (tertiary/aromatic N) is 2. The Morgan fingerprint density at radius 3 is 2.47 bits per heavy atom. The molecule has 0 aromatic heterocycles. The summed E-state index contributed by atoms with van der Waals surface area (Å²) in [5.74, 6) is 0.266. The first kappa shape index (κ1) is 12.6. The zero-order valence-electron chi connectivity index (χ0n) is 11.1. The van der Waals surface area contributed by atoms with Crippen LogP contribution in [-0.2, 0) is 4.79 Å². The highest BCUT2D eigenvalue weighted by Crippen LogP contribution is 2.26. The molecule has 0 radical (unpaired) electrons. The molecule has 0 bridgehead atoms. The molecule has 0 aromatic carbocycles. The molecule has 0 aromatic rings. The van der Waals surface area contributed by atoms with Crippen molar-refractivity contribution in [1.82, 2.24) is 15.1 Å². The fourth-order valence-electron chi connectivity index (χ4n) is 2.74. The van der Waals surface area contributed by atoms with Gasteiger partial charge in [-0.15, -0.1) is 0 Å². The van der Waals surface area contributed by atoms with Crippen LogP contribution in [0.1, 0.15) is 27.2 Å². The second kappa shape index (κ2) is 5.19. The fourth-order valence-corrected chi connectivity index (χ4v) is 2.74. The van der Waals surface area contributed by atoms with Gasteiger partial charge in [0, 0.05) is 44.5 Å². The minimum absolute atomic E-state index is 0.266. The van der Waals surface area contributed by atoms with Crippen molar-refractivity contribution in [3.8, 4) is 0 Å². The van der Waals surface area contributed by atoms with E-state index in [9.17, 15) is 4.79 Å². The molecular weight excluding hydrogens is 214 g/mol. The summed E-state index contributed by atoms with van der Waals surface area (Å²) >= 11 is 0. The van der Waals surface area contributed by atoms with E-state index in [1.54, 1.807) is 0 Å². The van der Waals surface area contributed by atoms with Crippen LogP contribution < -0.4 is 5.32 Å². The van der Waals surface area contributed by atoms with Gasteiger partial charge >= 0.3 is 0 Å². The molecule has 1 N–H and O–H groups in total. The molecule has 2 rings (SSSR count). The second-order valence-corrected chi connectivity index (χ2v) is 5.25. The van der Waals surface area contributed by atoms with Crippen molar-refractivity contribution in [1.29, 1.82) is 0 Å². The second-order valence-electron chi connectivity index (χ2n) is 5.25. The van der Waals surface area contributed by atoms with Crippen molar-refractivity contribution in [3.05, 3.63) is 11.3 Å². The highest BCUT2D eigenvalue weighted by molar-refractivity contribution is 5.84. The van der Waals surface area contributed by atoms with E-state index in [4.69, 9.17) is 0 Å². The number of carbonyl (C=O) groups is 1. The number of nitrogens with one attached hydrogen (secondary N) is 1. The summed E-state index contributed by atoms with van der Waals surface area (Å²) in [7, 11) is 0. The molecule has 4 nitrogen and oxygen atoms in total. The first-order valence-electron chi connectivity index (χ1n) is 6.53. The van der Waals surface area contributed by atoms with Crippen LogP contribution in [0.2, 0.25) is 0 Å². The average Bonchev–Trinajstić information content (AvgIpc) is 2.55. The van der Waals surface area contributed by atoms with Gasteiger partial charge in [-0.2, -0.15) is 0 Å². The smallest absolute Gasteiger partial charge is 0.231 e. The summed E-state index contributed by atoms with van der Waals surface area (Å²) in [4.78, 5) is 16.3. The highest BCUT2D eigenvalue weighted by atomic mass is 16.2. The Labute approximate surface area is 104 Å². The first-order valence-corrected chi connectivity index (χ1v) is 6.53. The van der Waals surface area contributed by atoms with Crippen molar-refractivity contribution in [3.63, 3.8) is 0 Å². The predicted molar refractivity (Wildman–Crippen MR) is 68.6 cm³/mol. The van der Waals surface area contributed by atoms with Crippen molar-refractivity contribution in [2.45, 2.75) is 33.2 Å². The Bertz CT molecular complexity index is 330. The SMILES string of the molecule is CC1=C(CN2CCNCC2)CC(=O)N1C(C)C. The van der Waals surface area contributed by atoms with Crippen LogP contribution in [0.4, 0.5) is 0 Å². The third-order valence-electron chi connectivity index (χ3n) is 3.65. The fraction of sp³-hybridized carbons (Fsp3) is 0.769. The molecule has 0 aliphatic carbocycles. The van der Waals surface area contributed by atoms with E-state index >= 15 is 0 Å². The van der Waals surface area contributed by atoms with Crippen LogP contribution in [0, 0.1) is 0 Å². The summed E-state index contributed by atoms with van der Waals surface area (Å²) in [5, 5.41) is 3.35. The number of amides is 1. The number of hydrogen-bond acceptors (Lipinski definition) is 3. The van der Waals surface area contributed by atoms with E-state index in [2.05, 4.69) is 31.0 Å². The minimum atomic E-state index is 0.266. The van der Waals surface area contributed by atoms with Gasteiger partial charge in [0.15, 0.2) is 0 Å². The van der Waals surface area contributed by atoms with E-state index in [-0.39, 0.29) is 11.9 Å². The largest absolute Gasteiger partial charge is 0.314 e. The van der Waals surface area contributed by atoms with Crippen LogP contribution in [0.5, 0.6) is 0 Å². The first-order chi connectivity index (χ1) is 8.09. The number of allylic oxidation sites excluding steroid dienone is 1. The quantitative estimate of drug-likeness (QED) is 0.789. The molecule has 0 unspecified atom stereocenters. The van der Waals surface area contributed by atoms with E-state index in [0.717, 1.165) is 32.7 Å². The van der Waals surface area contributed by atoms with Gasteiger partial charge in [-0.3, -0.25) is 9.69 Å². The van der Waals surface area contributed by atoms with E-state index in [0.29, 0.717) is 6.42 Å². The topological polar surface area (TPSA) is 35.6 Å². The van der Waals surface area contributed by atoms with Gasteiger partial charge in [0.1, 0.15) is 0 Å². The molecule has 0 saturated carbocycles. The normalized spacial score (nSPS) is 23.1. The molecule has 2 heterocycles. The van der Waals surface area contributed by atoms with E-state index in [1.165, 1.54) is 11.3 Å². The zero-order valence-corrected chi connectivity index (χ0v) is 11.1. The van der Waals surface area contributed by atoms with Crippen LogP contribution >= 0.6 is 0 Å². The molecule has 17 heavy (non-hydrogen) atoms. The van der Waals surface area contributed by atoms with Crippen LogP contribution in [0.3, 0.4) is 0 Å². The van der Waals surface area contributed by atoms with Gasteiger partial charge in [-0.1, -0.05) is 0 Å². The third kappa shape index (κ3) is 2.69. The van der Waals surface area contributed by atoms with Gasteiger partial charge in [0.2, 0.25) is 5.91 Å². The lowest BCUT2D eigenvalue weighted by molar-refractivity contribution is -0.128. The maximum Gasteiger partial charge on any atom is 0.231 e. The number of carbonyl (C=O) groups excluding carboxylic acids is 1. The van der Waals surface area contributed by atoms with Crippen molar-refractivity contribution < 1.29 is 4.79 Å². The molecule has 1 fully saturated rings. The average molecular weight is 237 g/mol. The Morgan fingerprint density at radius 2 is 1.94 bits per heavy atom. The number of rotatable bonds is 3. The molecule has 2 aliphatic rings. The van der Waals surface area contributed by atoms with Gasteiger partial charge in [0.25, 0.3) is 0 Å². The molecule has 0 atom stereocenters. The summed E-state index contributed by atoms with van der Waals surface area (Å²) in [5.41, 5.74) is 2.49. The van der Waals surface area contributed by atoms with Crippen LogP contribution in [-0.4, -0.2) is 54.5 Å². The molecule has 1 amide bonds. The molecule has 96 valence electrons. The molecule has 2 aliphatic heterocycles. The van der Waals surface area contributed by atoms with Crippen molar-refractivity contribution in [2.24, 2.45) is 0 Å². The van der Waals surface area contributed by atoms with Gasteiger partial charge < -0.3 is 10.2 Å². The lowest BCUT2D eigenvalue weighted by Gasteiger charge is -2.28. The van der Waals surface area contributed by atoms with Crippen molar-refractivity contribution >= 4 is 5.91 Å². The number of hydrogen-bond donors (Lipinski definition) is 1. The lowest BCUT2D eigenvalue weighted by Crippen LogP contribution is -2.44. The molecular formula is C13H23N3O. The summed E-state index contributed by atoms with van der Waals surface area (Å²) in [6, 6.07) is 0.281. The van der Waals surface area contributed by atoms with Crippen LogP contribution in [0.25, 0.3) is 0 Å². The van der Waals surface area contributed by atoms with Crippen LogP contribution in [0.15, 0.2) is 11.3 Å². The maximum atomic E-state index is 11.9. The number of piperazine rings is 1. The summed E-state index contributed by atoms with van der Waals surface area (Å²) in [6.07, 6.45) is 0.619. The molecule has 4 heteroatoms. The van der Waals surface area contributed by atoms with E-state index in [1.807, 2.05) is 4.90 Å². The minimum Gasteiger partial charge on any atom is -0.314 e.